The Morgan fingerprint density at radius 2 is 2.20 bits per heavy atom. The van der Waals surface area contributed by atoms with Gasteiger partial charge in [-0.25, -0.2) is 0 Å². The van der Waals surface area contributed by atoms with Crippen LogP contribution in [0.4, 0.5) is 0 Å². The van der Waals surface area contributed by atoms with E-state index in [0.29, 0.717) is 11.3 Å². The van der Waals surface area contributed by atoms with E-state index in [-0.39, 0.29) is 0 Å². The number of aldehydes is 1. The average Bonchev–Trinajstić information content (AvgIpc) is 2.61. The van der Waals surface area contributed by atoms with Gasteiger partial charge < -0.3 is 4.79 Å². The second kappa shape index (κ2) is 1.84. The number of carbonyl (C=O) groups excluding carboxylic acids is 1. The summed E-state index contributed by atoms with van der Waals surface area (Å²) in [4.78, 5) is 10.4. The lowest BCUT2D eigenvalue weighted by atomic mass is 9.66. The van der Waals surface area contributed by atoms with Gasteiger partial charge in [-0.1, -0.05) is 13.3 Å². The fourth-order valence-corrected chi connectivity index (χ4v) is 2.27. The second-order valence-electron chi connectivity index (χ2n) is 4.15. The Morgan fingerprint density at radius 3 is 2.50 bits per heavy atom. The topological polar surface area (TPSA) is 17.1 Å². The van der Waals surface area contributed by atoms with Gasteiger partial charge in [0.05, 0.1) is 0 Å². The van der Waals surface area contributed by atoms with Crippen LogP contribution >= 0.6 is 0 Å². The second-order valence-corrected chi connectivity index (χ2v) is 4.15. The van der Waals surface area contributed by atoms with E-state index in [1.807, 2.05) is 0 Å². The van der Waals surface area contributed by atoms with Gasteiger partial charge in [-0.15, -0.1) is 0 Å². The lowest BCUT2D eigenvalue weighted by molar-refractivity contribution is -0.109. The van der Waals surface area contributed by atoms with Gasteiger partial charge in [-0.2, -0.15) is 0 Å². The molecule has 0 aliphatic heterocycles. The molecule has 0 radical (unpaired) electrons. The summed E-state index contributed by atoms with van der Waals surface area (Å²) < 4.78 is 0. The first-order valence-electron chi connectivity index (χ1n) is 4.21. The molecule has 0 aromatic carbocycles. The zero-order chi connectivity index (χ0) is 7.19. The molecular weight excluding hydrogens is 124 g/mol. The highest BCUT2D eigenvalue weighted by molar-refractivity contribution is 5.58. The Kier molecular flexibility index (Phi) is 1.17. The van der Waals surface area contributed by atoms with E-state index < -0.39 is 0 Å². The van der Waals surface area contributed by atoms with Crippen LogP contribution in [0.3, 0.4) is 0 Å². The molecule has 2 aliphatic carbocycles. The van der Waals surface area contributed by atoms with Gasteiger partial charge in [0, 0.05) is 5.92 Å². The Hall–Kier alpha value is -0.330. The summed E-state index contributed by atoms with van der Waals surface area (Å²) in [6.45, 7) is 2.34. The van der Waals surface area contributed by atoms with E-state index in [9.17, 15) is 4.79 Å². The summed E-state index contributed by atoms with van der Waals surface area (Å²) in [5, 5.41) is 0. The Balaban J connectivity index is 1.95. The largest absolute Gasteiger partial charge is 0.303 e. The molecule has 2 aliphatic rings. The van der Waals surface area contributed by atoms with Gasteiger partial charge >= 0.3 is 0 Å². The molecule has 0 bridgehead atoms. The Bertz CT molecular complexity index is 158. The van der Waals surface area contributed by atoms with Crippen molar-refractivity contribution in [3.8, 4) is 0 Å². The molecule has 0 saturated heterocycles. The van der Waals surface area contributed by atoms with Crippen molar-refractivity contribution in [1.82, 2.24) is 0 Å². The third-order valence-electron chi connectivity index (χ3n) is 3.41. The Labute approximate surface area is 61.8 Å². The molecule has 2 atom stereocenters. The van der Waals surface area contributed by atoms with Crippen molar-refractivity contribution in [1.29, 1.82) is 0 Å². The molecule has 1 heteroatoms. The van der Waals surface area contributed by atoms with Crippen molar-refractivity contribution in [2.24, 2.45) is 17.3 Å². The lowest BCUT2D eigenvalue weighted by Gasteiger charge is -2.39. The molecule has 0 aromatic heterocycles. The molecule has 0 heterocycles. The van der Waals surface area contributed by atoms with Crippen molar-refractivity contribution in [2.45, 2.75) is 32.6 Å². The van der Waals surface area contributed by atoms with E-state index in [0.717, 1.165) is 12.2 Å². The highest BCUT2D eigenvalue weighted by Crippen LogP contribution is 2.59. The summed E-state index contributed by atoms with van der Waals surface area (Å²) in [5.74, 6) is 1.20. The molecule has 2 fully saturated rings. The SMILES string of the molecule is CC1([C@@H]2C[C@@H]2C=O)CCC1. The number of carbonyl (C=O) groups is 1. The van der Waals surface area contributed by atoms with E-state index in [4.69, 9.17) is 0 Å². The first-order valence-corrected chi connectivity index (χ1v) is 4.21. The van der Waals surface area contributed by atoms with Crippen molar-refractivity contribution in [2.75, 3.05) is 0 Å². The van der Waals surface area contributed by atoms with Crippen molar-refractivity contribution in [3.63, 3.8) is 0 Å². The van der Waals surface area contributed by atoms with Crippen molar-refractivity contribution in [3.05, 3.63) is 0 Å². The van der Waals surface area contributed by atoms with Gasteiger partial charge in [0.25, 0.3) is 0 Å². The summed E-state index contributed by atoms with van der Waals surface area (Å²) in [7, 11) is 0. The van der Waals surface area contributed by atoms with Crippen LogP contribution < -0.4 is 0 Å². The van der Waals surface area contributed by atoms with E-state index in [2.05, 4.69) is 6.92 Å². The third-order valence-corrected chi connectivity index (χ3v) is 3.41. The maximum atomic E-state index is 10.4. The number of rotatable bonds is 2. The van der Waals surface area contributed by atoms with Crippen LogP contribution in [0.25, 0.3) is 0 Å². The maximum absolute atomic E-state index is 10.4. The van der Waals surface area contributed by atoms with Crippen molar-refractivity contribution < 1.29 is 4.79 Å². The maximum Gasteiger partial charge on any atom is 0.123 e. The first-order chi connectivity index (χ1) is 4.76. The van der Waals surface area contributed by atoms with Crippen LogP contribution in [-0.4, -0.2) is 6.29 Å². The van der Waals surface area contributed by atoms with Gasteiger partial charge in [0.15, 0.2) is 0 Å². The molecule has 0 spiro atoms. The molecule has 10 heavy (non-hydrogen) atoms. The van der Waals surface area contributed by atoms with E-state index >= 15 is 0 Å². The van der Waals surface area contributed by atoms with Gasteiger partial charge in [-0.05, 0) is 30.6 Å². The lowest BCUT2D eigenvalue weighted by Crippen LogP contribution is -2.28. The van der Waals surface area contributed by atoms with Crippen LogP contribution in [0.1, 0.15) is 32.6 Å². The minimum atomic E-state index is 0.435. The number of hydrogen-bond donors (Lipinski definition) is 0. The minimum absolute atomic E-state index is 0.435. The van der Waals surface area contributed by atoms with Crippen LogP contribution in [0.2, 0.25) is 0 Å². The molecule has 0 aromatic rings. The smallest absolute Gasteiger partial charge is 0.123 e. The summed E-state index contributed by atoms with van der Waals surface area (Å²) in [6, 6.07) is 0. The quantitative estimate of drug-likeness (QED) is 0.533. The summed E-state index contributed by atoms with van der Waals surface area (Å²) in [5.41, 5.74) is 0.575. The molecule has 0 N–H and O–H groups in total. The summed E-state index contributed by atoms with van der Waals surface area (Å²) >= 11 is 0. The Morgan fingerprint density at radius 1 is 1.50 bits per heavy atom. The molecule has 2 rings (SSSR count). The van der Waals surface area contributed by atoms with Gasteiger partial charge in [0.1, 0.15) is 6.29 Å². The average molecular weight is 138 g/mol. The third kappa shape index (κ3) is 0.727. The van der Waals surface area contributed by atoms with Gasteiger partial charge in [0.2, 0.25) is 0 Å². The molecule has 2 saturated carbocycles. The van der Waals surface area contributed by atoms with E-state index in [1.54, 1.807) is 0 Å². The minimum Gasteiger partial charge on any atom is -0.303 e. The predicted molar refractivity (Wildman–Crippen MR) is 39.6 cm³/mol. The van der Waals surface area contributed by atoms with E-state index in [1.165, 1.54) is 25.7 Å². The number of hydrogen-bond acceptors (Lipinski definition) is 1. The zero-order valence-electron chi connectivity index (χ0n) is 6.47. The molecule has 0 unspecified atom stereocenters. The predicted octanol–water partition coefficient (Wildman–Crippen LogP) is 2.01. The first kappa shape index (κ1) is 6.38. The van der Waals surface area contributed by atoms with Gasteiger partial charge in [-0.3, -0.25) is 0 Å². The van der Waals surface area contributed by atoms with Crippen LogP contribution in [0, 0.1) is 17.3 Å². The normalized spacial score (nSPS) is 42.1. The zero-order valence-corrected chi connectivity index (χ0v) is 6.47. The fraction of sp³-hybridized carbons (Fsp3) is 0.889. The molecule has 0 amide bonds. The monoisotopic (exact) mass is 138 g/mol. The fourth-order valence-electron chi connectivity index (χ4n) is 2.27. The summed E-state index contributed by atoms with van der Waals surface area (Å²) in [6.07, 6.45) is 6.44. The standard InChI is InChI=1S/C9H14O/c1-9(3-2-4-9)8-5-7(8)6-10/h6-8H,2-5H2,1H3/t7-,8-/m1/s1. The molecule has 1 nitrogen and oxygen atoms in total. The van der Waals surface area contributed by atoms with Crippen LogP contribution in [-0.2, 0) is 4.79 Å². The molecular formula is C9H14O. The highest BCUT2D eigenvalue weighted by atomic mass is 16.1. The van der Waals surface area contributed by atoms with Crippen LogP contribution in [0.15, 0.2) is 0 Å². The highest BCUT2D eigenvalue weighted by Gasteiger charge is 2.52. The van der Waals surface area contributed by atoms with Crippen LogP contribution in [0.5, 0.6) is 0 Å². The van der Waals surface area contributed by atoms with Crippen molar-refractivity contribution >= 4 is 6.29 Å². The molecule has 56 valence electrons.